The normalized spacial score (nSPS) is 19.2. The van der Waals surface area contributed by atoms with Crippen LogP contribution in [0.25, 0.3) is 0 Å². The van der Waals surface area contributed by atoms with E-state index in [4.69, 9.17) is 9.84 Å². The van der Waals surface area contributed by atoms with Gasteiger partial charge in [-0.25, -0.2) is 0 Å². The summed E-state index contributed by atoms with van der Waals surface area (Å²) < 4.78 is 6.09. The number of amides is 1. The van der Waals surface area contributed by atoms with Gasteiger partial charge in [0.2, 0.25) is 5.91 Å². The zero-order valence-electron chi connectivity index (χ0n) is 11.6. The van der Waals surface area contributed by atoms with Gasteiger partial charge >= 0.3 is 5.97 Å². The van der Waals surface area contributed by atoms with Gasteiger partial charge in [-0.3, -0.25) is 14.5 Å². The van der Waals surface area contributed by atoms with Gasteiger partial charge < -0.3 is 15.2 Å². The Morgan fingerprint density at radius 2 is 2.29 bits per heavy atom. The number of carboxylic acid groups (broad SMARTS) is 1. The first-order valence-electron chi connectivity index (χ1n) is 6.58. The number of hydrogen-bond donors (Lipinski definition) is 2. The highest BCUT2D eigenvalue weighted by Gasteiger charge is 2.30. The molecule has 0 radical (unpaired) electrons. The smallest absolute Gasteiger partial charge is 0.323 e. The van der Waals surface area contributed by atoms with E-state index in [9.17, 15) is 9.59 Å². The van der Waals surface area contributed by atoms with Gasteiger partial charge in [0.1, 0.15) is 6.04 Å². The molecule has 114 valence electrons. The van der Waals surface area contributed by atoms with Crippen LogP contribution in [-0.2, 0) is 14.3 Å². The van der Waals surface area contributed by atoms with Gasteiger partial charge in [0.05, 0.1) is 19.8 Å². The Kier molecular flexibility index (Phi) is 5.33. The second-order valence-electron chi connectivity index (χ2n) is 4.91. The summed E-state index contributed by atoms with van der Waals surface area (Å²) in [6.45, 7) is 2.92. The second kappa shape index (κ2) is 7.02. The van der Waals surface area contributed by atoms with Gasteiger partial charge in [0.25, 0.3) is 0 Å². The van der Waals surface area contributed by atoms with Crippen molar-refractivity contribution in [2.45, 2.75) is 13.0 Å². The molecule has 1 aromatic rings. The van der Waals surface area contributed by atoms with Crippen LogP contribution in [0.5, 0.6) is 0 Å². The van der Waals surface area contributed by atoms with Crippen LogP contribution in [0, 0.1) is 6.92 Å². The average molecular weight is 357 g/mol. The molecular weight excluding hydrogens is 340 g/mol. The second-order valence-corrected chi connectivity index (χ2v) is 5.82. The molecule has 0 spiro atoms. The summed E-state index contributed by atoms with van der Waals surface area (Å²) >= 11 is 3.37. The molecule has 2 rings (SSSR count). The van der Waals surface area contributed by atoms with Crippen molar-refractivity contribution in [3.8, 4) is 0 Å². The lowest BCUT2D eigenvalue weighted by atomic mass is 10.2. The van der Waals surface area contributed by atoms with Gasteiger partial charge in [0.15, 0.2) is 0 Å². The van der Waals surface area contributed by atoms with Crippen molar-refractivity contribution in [3.05, 3.63) is 28.2 Å². The minimum absolute atomic E-state index is 0.0375. The maximum Gasteiger partial charge on any atom is 0.323 e. The number of rotatable bonds is 4. The standard InChI is InChI=1S/C14H17BrN2O4/c1-9-6-10(15)2-3-11(9)16-13(18)7-17-4-5-21-8-12(17)14(19)20/h2-3,6,12H,4-5,7-8H2,1H3,(H,16,18)(H,19,20). The largest absolute Gasteiger partial charge is 0.480 e. The Labute approximate surface area is 131 Å². The van der Waals surface area contributed by atoms with Crippen molar-refractivity contribution >= 4 is 33.5 Å². The molecule has 1 aliphatic rings. The van der Waals surface area contributed by atoms with Crippen LogP contribution in [0.4, 0.5) is 5.69 Å². The van der Waals surface area contributed by atoms with Gasteiger partial charge in [-0.1, -0.05) is 15.9 Å². The summed E-state index contributed by atoms with van der Waals surface area (Å²) in [5.41, 5.74) is 1.66. The van der Waals surface area contributed by atoms with Crippen LogP contribution in [0.1, 0.15) is 5.56 Å². The highest BCUT2D eigenvalue weighted by Crippen LogP contribution is 2.20. The first-order valence-corrected chi connectivity index (χ1v) is 7.37. The number of nitrogens with one attached hydrogen (secondary N) is 1. The van der Waals surface area contributed by atoms with Crippen molar-refractivity contribution in [3.63, 3.8) is 0 Å². The fraction of sp³-hybridized carbons (Fsp3) is 0.429. The molecular formula is C14H17BrN2O4. The Bertz CT molecular complexity index is 550. The molecule has 1 amide bonds. The molecule has 2 N–H and O–H groups in total. The molecule has 7 heteroatoms. The van der Waals surface area contributed by atoms with E-state index in [1.165, 1.54) is 0 Å². The van der Waals surface area contributed by atoms with Gasteiger partial charge in [-0.2, -0.15) is 0 Å². The van der Waals surface area contributed by atoms with Crippen molar-refractivity contribution in [1.29, 1.82) is 0 Å². The Balaban J connectivity index is 1.98. The number of carbonyl (C=O) groups is 2. The monoisotopic (exact) mass is 356 g/mol. The van der Waals surface area contributed by atoms with E-state index < -0.39 is 12.0 Å². The number of anilines is 1. The Hall–Kier alpha value is -1.44. The predicted molar refractivity (Wildman–Crippen MR) is 81.3 cm³/mol. The van der Waals surface area contributed by atoms with E-state index in [1.807, 2.05) is 25.1 Å². The Morgan fingerprint density at radius 1 is 1.52 bits per heavy atom. The quantitative estimate of drug-likeness (QED) is 0.854. The number of morpholine rings is 1. The SMILES string of the molecule is Cc1cc(Br)ccc1NC(=O)CN1CCOCC1C(=O)O. The predicted octanol–water partition coefficient (Wildman–Crippen LogP) is 1.48. The summed E-state index contributed by atoms with van der Waals surface area (Å²) in [4.78, 5) is 24.8. The van der Waals surface area contributed by atoms with Gasteiger partial charge in [-0.15, -0.1) is 0 Å². The number of ether oxygens (including phenoxy) is 1. The van der Waals surface area contributed by atoms with Crippen molar-refractivity contribution in [2.24, 2.45) is 0 Å². The third kappa shape index (κ3) is 4.26. The molecule has 0 saturated carbocycles. The first-order chi connectivity index (χ1) is 9.97. The number of nitrogens with zero attached hydrogens (tertiary/aromatic N) is 1. The molecule has 1 aromatic carbocycles. The molecule has 0 aliphatic carbocycles. The first kappa shape index (κ1) is 15.9. The molecule has 21 heavy (non-hydrogen) atoms. The fourth-order valence-electron chi connectivity index (χ4n) is 2.20. The van der Waals surface area contributed by atoms with Gasteiger partial charge in [-0.05, 0) is 30.7 Å². The average Bonchev–Trinajstić information content (AvgIpc) is 2.42. The molecule has 1 heterocycles. The zero-order chi connectivity index (χ0) is 15.4. The molecule has 1 atom stereocenters. The molecule has 0 aromatic heterocycles. The lowest BCUT2D eigenvalue weighted by molar-refractivity contribution is -0.150. The number of aryl methyl sites for hydroxylation is 1. The zero-order valence-corrected chi connectivity index (χ0v) is 13.2. The van der Waals surface area contributed by atoms with Crippen molar-refractivity contribution < 1.29 is 19.4 Å². The highest BCUT2D eigenvalue weighted by atomic mass is 79.9. The van der Waals surface area contributed by atoms with Crippen molar-refractivity contribution in [2.75, 3.05) is 31.6 Å². The van der Waals surface area contributed by atoms with E-state index in [0.29, 0.717) is 13.2 Å². The third-order valence-corrected chi connectivity index (χ3v) is 3.83. The maximum absolute atomic E-state index is 12.1. The molecule has 1 saturated heterocycles. The number of benzene rings is 1. The van der Waals surface area contributed by atoms with E-state index in [0.717, 1.165) is 15.7 Å². The maximum atomic E-state index is 12.1. The summed E-state index contributed by atoms with van der Waals surface area (Å²) in [7, 11) is 0. The van der Waals surface area contributed by atoms with Crippen LogP contribution < -0.4 is 5.32 Å². The molecule has 0 bridgehead atoms. The number of aliphatic carboxylic acids is 1. The highest BCUT2D eigenvalue weighted by molar-refractivity contribution is 9.10. The molecule has 1 fully saturated rings. The summed E-state index contributed by atoms with van der Waals surface area (Å²) in [6, 6.07) is 4.79. The summed E-state index contributed by atoms with van der Waals surface area (Å²) in [6.07, 6.45) is 0. The number of halogens is 1. The Morgan fingerprint density at radius 3 is 2.95 bits per heavy atom. The summed E-state index contributed by atoms with van der Waals surface area (Å²) in [5.74, 6) is -1.20. The summed E-state index contributed by atoms with van der Waals surface area (Å²) in [5, 5.41) is 11.9. The van der Waals surface area contributed by atoms with Crippen LogP contribution in [0.3, 0.4) is 0 Å². The molecule has 1 aliphatic heterocycles. The van der Waals surface area contributed by atoms with Crippen LogP contribution in [-0.4, -0.2) is 54.2 Å². The molecule has 1 unspecified atom stereocenters. The van der Waals surface area contributed by atoms with Crippen molar-refractivity contribution in [1.82, 2.24) is 4.90 Å². The van der Waals surface area contributed by atoms with E-state index >= 15 is 0 Å². The van der Waals surface area contributed by atoms with Crippen LogP contribution >= 0.6 is 15.9 Å². The third-order valence-electron chi connectivity index (χ3n) is 3.33. The van der Waals surface area contributed by atoms with Gasteiger partial charge in [0, 0.05) is 16.7 Å². The molecule has 6 nitrogen and oxygen atoms in total. The minimum atomic E-state index is -0.970. The van der Waals surface area contributed by atoms with Crippen LogP contribution in [0.2, 0.25) is 0 Å². The fourth-order valence-corrected chi connectivity index (χ4v) is 2.67. The van der Waals surface area contributed by atoms with E-state index in [1.54, 1.807) is 4.90 Å². The lowest BCUT2D eigenvalue weighted by Crippen LogP contribution is -2.52. The number of carboxylic acids is 1. The minimum Gasteiger partial charge on any atom is -0.480 e. The van der Waals surface area contributed by atoms with E-state index in [-0.39, 0.29) is 19.1 Å². The lowest BCUT2D eigenvalue weighted by Gasteiger charge is -2.32. The number of hydrogen-bond acceptors (Lipinski definition) is 4. The van der Waals surface area contributed by atoms with Crippen LogP contribution in [0.15, 0.2) is 22.7 Å². The van der Waals surface area contributed by atoms with E-state index in [2.05, 4.69) is 21.2 Å². The topological polar surface area (TPSA) is 78.9 Å². The number of carbonyl (C=O) groups excluding carboxylic acids is 1.